The molecule has 2 heterocycles. The highest BCUT2D eigenvalue weighted by molar-refractivity contribution is 7.18. The summed E-state index contributed by atoms with van der Waals surface area (Å²) in [6, 6.07) is 9.68. The molecule has 0 aliphatic rings. The number of anilines is 1. The third-order valence-corrected chi connectivity index (χ3v) is 6.11. The molecule has 3 aromatic rings. The van der Waals surface area contributed by atoms with Crippen molar-refractivity contribution in [1.82, 2.24) is 20.2 Å². The average Bonchev–Trinajstić information content (AvgIpc) is 3.12. The van der Waals surface area contributed by atoms with Crippen LogP contribution in [0.1, 0.15) is 41.1 Å². The fraction of sp³-hybridized carbons (Fsp3) is 0.409. The molecule has 8 heteroatoms. The van der Waals surface area contributed by atoms with Crippen molar-refractivity contribution in [3.05, 3.63) is 51.6 Å². The van der Waals surface area contributed by atoms with E-state index < -0.39 is 0 Å². The lowest BCUT2D eigenvalue weighted by molar-refractivity contribution is 0.0952. The smallest absolute Gasteiger partial charge is 0.251 e. The third kappa shape index (κ3) is 5.90. The minimum atomic E-state index is -0.0351. The fourth-order valence-electron chi connectivity index (χ4n) is 3.26. The number of fused-ring (bicyclic) bond motifs is 1. The van der Waals surface area contributed by atoms with E-state index in [0.29, 0.717) is 18.7 Å². The zero-order chi connectivity index (χ0) is 21.5. The van der Waals surface area contributed by atoms with Gasteiger partial charge in [-0.2, -0.15) is 0 Å². The Bertz CT molecular complexity index is 985. The van der Waals surface area contributed by atoms with Crippen LogP contribution in [0, 0.1) is 6.92 Å². The van der Waals surface area contributed by atoms with Crippen LogP contribution in [-0.4, -0.2) is 47.0 Å². The Morgan fingerprint density at radius 2 is 1.90 bits per heavy atom. The van der Waals surface area contributed by atoms with Crippen LogP contribution in [-0.2, 0) is 6.54 Å². The van der Waals surface area contributed by atoms with E-state index in [0.717, 1.165) is 52.5 Å². The van der Waals surface area contributed by atoms with Crippen molar-refractivity contribution < 1.29 is 4.79 Å². The number of halogens is 1. The lowest BCUT2D eigenvalue weighted by Gasteiger charge is -2.17. The van der Waals surface area contributed by atoms with Crippen LogP contribution in [0.2, 0.25) is 5.28 Å². The Morgan fingerprint density at radius 3 is 2.60 bits per heavy atom. The molecule has 0 saturated heterocycles. The molecule has 0 saturated carbocycles. The highest BCUT2D eigenvalue weighted by Gasteiger charge is 2.10. The molecule has 0 spiro atoms. The van der Waals surface area contributed by atoms with Crippen LogP contribution < -0.4 is 10.6 Å². The van der Waals surface area contributed by atoms with Gasteiger partial charge >= 0.3 is 0 Å². The number of aromatic nitrogens is 2. The number of hydrogen-bond donors (Lipinski definition) is 2. The molecule has 3 rings (SSSR count). The van der Waals surface area contributed by atoms with Crippen molar-refractivity contribution in [1.29, 1.82) is 0 Å². The van der Waals surface area contributed by atoms with Crippen LogP contribution in [0.25, 0.3) is 10.2 Å². The number of nitrogens with one attached hydrogen (secondary N) is 2. The molecule has 6 nitrogen and oxygen atoms in total. The normalized spacial score (nSPS) is 11.2. The number of amides is 1. The van der Waals surface area contributed by atoms with Gasteiger partial charge in [0.05, 0.1) is 5.39 Å². The Labute approximate surface area is 186 Å². The van der Waals surface area contributed by atoms with Gasteiger partial charge in [0.25, 0.3) is 5.91 Å². The zero-order valence-corrected chi connectivity index (χ0v) is 19.2. The third-order valence-electron chi connectivity index (χ3n) is 5.00. The minimum absolute atomic E-state index is 0.0351. The quantitative estimate of drug-likeness (QED) is 0.349. The van der Waals surface area contributed by atoms with Gasteiger partial charge in [0.15, 0.2) is 0 Å². The Balaban J connectivity index is 1.53. The van der Waals surface area contributed by atoms with Gasteiger partial charge in [-0.25, -0.2) is 9.97 Å². The molecule has 2 N–H and O–H groups in total. The largest absolute Gasteiger partial charge is 0.365 e. The highest BCUT2D eigenvalue weighted by atomic mass is 35.5. The lowest BCUT2D eigenvalue weighted by Crippen LogP contribution is -2.29. The molecule has 1 aromatic carbocycles. The second-order valence-electron chi connectivity index (χ2n) is 7.10. The second kappa shape index (κ2) is 10.7. The van der Waals surface area contributed by atoms with Gasteiger partial charge in [-0.1, -0.05) is 26.0 Å². The first-order valence-corrected chi connectivity index (χ1v) is 11.5. The first kappa shape index (κ1) is 22.5. The molecule has 0 aliphatic heterocycles. The number of carbonyl (C=O) groups is 1. The molecule has 0 atom stereocenters. The van der Waals surface area contributed by atoms with Gasteiger partial charge in [0.1, 0.15) is 10.6 Å². The van der Waals surface area contributed by atoms with E-state index in [2.05, 4.69) is 45.4 Å². The number of hydrogen-bond acceptors (Lipinski definition) is 6. The molecule has 0 aliphatic carbocycles. The molecule has 0 radical (unpaired) electrons. The second-order valence-corrected chi connectivity index (χ2v) is 8.68. The monoisotopic (exact) mass is 445 g/mol. The van der Waals surface area contributed by atoms with Gasteiger partial charge < -0.3 is 15.5 Å². The molecule has 1 amide bonds. The van der Waals surface area contributed by atoms with Gasteiger partial charge in [-0.05, 0) is 68.3 Å². The van der Waals surface area contributed by atoms with Crippen LogP contribution in [0.5, 0.6) is 0 Å². The predicted octanol–water partition coefficient (Wildman–Crippen LogP) is 4.73. The summed E-state index contributed by atoms with van der Waals surface area (Å²) in [6.07, 6.45) is 0.952. The summed E-state index contributed by atoms with van der Waals surface area (Å²) in [5.41, 5.74) is 1.73. The summed E-state index contributed by atoms with van der Waals surface area (Å²) in [4.78, 5) is 25.3. The molecule has 0 bridgehead atoms. The van der Waals surface area contributed by atoms with Gasteiger partial charge in [-0.15, -0.1) is 11.3 Å². The first-order valence-electron chi connectivity index (χ1n) is 10.3. The van der Waals surface area contributed by atoms with E-state index in [4.69, 9.17) is 11.6 Å². The summed E-state index contributed by atoms with van der Waals surface area (Å²) >= 11 is 7.65. The molecule has 0 fully saturated rings. The predicted molar refractivity (Wildman–Crippen MR) is 126 cm³/mol. The molecular formula is C22H28ClN5OS. The van der Waals surface area contributed by atoms with Crippen LogP contribution in [0.4, 0.5) is 5.82 Å². The van der Waals surface area contributed by atoms with Crippen molar-refractivity contribution in [2.45, 2.75) is 33.7 Å². The van der Waals surface area contributed by atoms with Crippen LogP contribution in [0.3, 0.4) is 0 Å². The maximum Gasteiger partial charge on any atom is 0.251 e. The number of rotatable bonds is 10. The Hall–Kier alpha value is -2.22. The average molecular weight is 446 g/mol. The van der Waals surface area contributed by atoms with E-state index in [1.807, 2.05) is 31.2 Å². The summed E-state index contributed by atoms with van der Waals surface area (Å²) in [5.74, 6) is 0.691. The zero-order valence-electron chi connectivity index (χ0n) is 17.7. The van der Waals surface area contributed by atoms with Crippen molar-refractivity contribution in [2.24, 2.45) is 0 Å². The van der Waals surface area contributed by atoms with Gasteiger partial charge in [-0.3, -0.25) is 4.79 Å². The molecular weight excluding hydrogens is 418 g/mol. The maximum atomic E-state index is 12.3. The topological polar surface area (TPSA) is 70.2 Å². The SMILES string of the molecule is CCN(CC)CCCNC(=O)c1ccc(CNc2nc(Cl)nc3sc(C)cc23)cc1. The molecule has 0 unspecified atom stereocenters. The number of thiophene rings is 1. The summed E-state index contributed by atoms with van der Waals surface area (Å²) in [6.45, 7) is 10.7. The number of carbonyl (C=O) groups excluding carboxylic acids is 1. The molecule has 2 aromatic heterocycles. The lowest BCUT2D eigenvalue weighted by atomic mass is 10.1. The first-order chi connectivity index (χ1) is 14.5. The van der Waals surface area contributed by atoms with Gasteiger partial charge in [0, 0.05) is 23.5 Å². The van der Waals surface area contributed by atoms with Crippen molar-refractivity contribution in [2.75, 3.05) is 31.5 Å². The van der Waals surface area contributed by atoms with Crippen LogP contribution >= 0.6 is 22.9 Å². The van der Waals surface area contributed by atoms with Crippen molar-refractivity contribution in [3.63, 3.8) is 0 Å². The van der Waals surface area contributed by atoms with E-state index >= 15 is 0 Å². The number of nitrogens with zero attached hydrogens (tertiary/aromatic N) is 3. The Morgan fingerprint density at radius 1 is 1.17 bits per heavy atom. The standard InChI is InChI=1S/C22H28ClN5OS/c1-4-28(5-2)12-6-11-24-20(29)17-9-7-16(8-10-17)14-25-19-18-13-15(3)30-21(18)27-22(23)26-19/h7-10,13H,4-6,11-12,14H2,1-3H3,(H,24,29)(H,25,26,27). The van der Waals surface area contributed by atoms with Crippen molar-refractivity contribution in [3.8, 4) is 0 Å². The minimum Gasteiger partial charge on any atom is -0.365 e. The molecule has 160 valence electrons. The highest BCUT2D eigenvalue weighted by Crippen LogP contribution is 2.29. The van der Waals surface area contributed by atoms with Crippen LogP contribution in [0.15, 0.2) is 30.3 Å². The number of aryl methyl sites for hydroxylation is 1. The summed E-state index contributed by atoms with van der Waals surface area (Å²) in [5, 5.41) is 7.54. The van der Waals surface area contributed by atoms with E-state index in [-0.39, 0.29) is 11.2 Å². The fourth-order valence-corrected chi connectivity index (χ4v) is 4.36. The maximum absolute atomic E-state index is 12.3. The summed E-state index contributed by atoms with van der Waals surface area (Å²) in [7, 11) is 0. The molecule has 30 heavy (non-hydrogen) atoms. The van der Waals surface area contributed by atoms with E-state index in [1.165, 1.54) is 0 Å². The number of benzene rings is 1. The van der Waals surface area contributed by atoms with Gasteiger partial charge in [0.2, 0.25) is 5.28 Å². The van der Waals surface area contributed by atoms with E-state index in [9.17, 15) is 4.79 Å². The van der Waals surface area contributed by atoms with Crippen molar-refractivity contribution >= 4 is 44.9 Å². The Kier molecular flexibility index (Phi) is 8.01. The summed E-state index contributed by atoms with van der Waals surface area (Å²) < 4.78 is 0. The van der Waals surface area contributed by atoms with E-state index in [1.54, 1.807) is 11.3 Å².